The molecule has 1 aliphatic heterocycles. The highest BCUT2D eigenvalue weighted by Gasteiger charge is 2.58. The summed E-state index contributed by atoms with van der Waals surface area (Å²) >= 11 is 0. The van der Waals surface area contributed by atoms with E-state index in [-0.39, 0.29) is 18.3 Å². The summed E-state index contributed by atoms with van der Waals surface area (Å²) in [6.45, 7) is -0.307. The Morgan fingerprint density at radius 1 is 1.61 bits per heavy atom. The number of ether oxygens (including phenoxy) is 1. The smallest absolute Gasteiger partial charge is 0.352 e. The van der Waals surface area contributed by atoms with Gasteiger partial charge in [-0.3, -0.25) is 4.57 Å². The molecule has 0 saturated carbocycles. The zero-order valence-electron chi connectivity index (χ0n) is 9.43. The largest absolute Gasteiger partial charge is 0.394 e. The highest BCUT2D eigenvalue weighted by molar-refractivity contribution is 5.28. The molecule has 1 fully saturated rings. The molecule has 0 amide bonds. The molecule has 3 rings (SSSR count). The van der Waals surface area contributed by atoms with Gasteiger partial charge < -0.3 is 20.7 Å². The molecule has 1 aromatic heterocycles. The van der Waals surface area contributed by atoms with Crippen LogP contribution in [0.5, 0.6) is 0 Å². The maximum atomic E-state index is 11.8. The Hall–Kier alpha value is -1.70. The van der Waals surface area contributed by atoms with Crippen molar-refractivity contribution < 1.29 is 14.9 Å². The van der Waals surface area contributed by atoms with Gasteiger partial charge in [-0.25, -0.2) is 4.79 Å². The van der Waals surface area contributed by atoms with E-state index in [2.05, 4.69) is 4.98 Å². The number of fused-ring (bicyclic) bond motifs is 1. The van der Waals surface area contributed by atoms with Gasteiger partial charge in [-0.2, -0.15) is 4.98 Å². The fraction of sp³-hybridized carbons (Fsp3) is 0.455. The number of nitrogens with two attached hydrogens (primary N) is 1. The van der Waals surface area contributed by atoms with Crippen molar-refractivity contribution in [2.24, 2.45) is 5.92 Å². The number of hydrogen-bond acceptors (Lipinski definition) is 6. The first-order valence-electron chi connectivity index (χ1n) is 5.60. The van der Waals surface area contributed by atoms with E-state index in [1.54, 1.807) is 12.2 Å². The minimum atomic E-state index is -1.05. The monoisotopic (exact) mass is 251 g/mol. The Morgan fingerprint density at radius 2 is 2.39 bits per heavy atom. The summed E-state index contributed by atoms with van der Waals surface area (Å²) in [5, 5.41) is 19.1. The summed E-state index contributed by atoms with van der Waals surface area (Å²) in [5.41, 5.74) is 3.83. The maximum absolute atomic E-state index is 11.8. The summed E-state index contributed by atoms with van der Waals surface area (Å²) in [4.78, 5) is 15.5. The van der Waals surface area contributed by atoms with Gasteiger partial charge in [-0.1, -0.05) is 6.08 Å². The summed E-state index contributed by atoms with van der Waals surface area (Å²) < 4.78 is 6.90. The van der Waals surface area contributed by atoms with E-state index in [1.165, 1.54) is 16.8 Å². The molecule has 0 radical (unpaired) electrons. The number of nitrogen functional groups attached to an aromatic ring is 1. The Balaban J connectivity index is 2.07. The zero-order valence-corrected chi connectivity index (χ0v) is 9.43. The first-order valence-corrected chi connectivity index (χ1v) is 5.60. The molecule has 0 bridgehead atoms. The molecule has 7 nitrogen and oxygen atoms in total. The summed E-state index contributed by atoms with van der Waals surface area (Å²) in [6.07, 6.45) is 3.35. The molecule has 0 unspecified atom stereocenters. The van der Waals surface area contributed by atoms with Crippen molar-refractivity contribution in [2.45, 2.75) is 17.9 Å². The lowest BCUT2D eigenvalue weighted by atomic mass is 9.81. The molecule has 1 aliphatic carbocycles. The van der Waals surface area contributed by atoms with Crippen LogP contribution in [0.3, 0.4) is 0 Å². The molecule has 1 saturated heterocycles. The third-order valence-electron chi connectivity index (χ3n) is 3.49. The van der Waals surface area contributed by atoms with Crippen LogP contribution in [0, 0.1) is 5.92 Å². The van der Waals surface area contributed by atoms with E-state index in [9.17, 15) is 9.90 Å². The van der Waals surface area contributed by atoms with E-state index in [0.29, 0.717) is 0 Å². The van der Waals surface area contributed by atoms with Crippen molar-refractivity contribution in [2.75, 3.05) is 12.3 Å². The molecule has 2 aliphatic rings. The fourth-order valence-electron chi connectivity index (χ4n) is 2.52. The lowest BCUT2D eigenvalue weighted by Crippen LogP contribution is -2.49. The van der Waals surface area contributed by atoms with Crippen LogP contribution in [0.25, 0.3) is 0 Å². The predicted octanol–water partition coefficient (Wildman–Crippen LogP) is -1.58. The maximum Gasteiger partial charge on any atom is 0.352 e. The average molecular weight is 251 g/mol. The molecule has 1 aromatic rings. The second kappa shape index (κ2) is 3.64. The number of rotatable bonds is 2. The Morgan fingerprint density at radius 3 is 2.94 bits per heavy atom. The molecular weight excluding hydrogens is 238 g/mol. The van der Waals surface area contributed by atoms with Crippen LogP contribution in [0.2, 0.25) is 0 Å². The SMILES string of the molecule is Nc1ccn([C@@]23C=C[C@@H]2[C@H](O)[C@@H](CO)O3)c(=O)n1. The quantitative estimate of drug-likeness (QED) is 0.547. The van der Waals surface area contributed by atoms with Crippen molar-refractivity contribution >= 4 is 5.82 Å². The van der Waals surface area contributed by atoms with Crippen LogP contribution in [-0.2, 0) is 10.5 Å². The lowest BCUT2D eigenvalue weighted by Gasteiger charge is -2.38. The summed E-state index contributed by atoms with van der Waals surface area (Å²) in [7, 11) is 0. The van der Waals surface area contributed by atoms with Crippen molar-refractivity contribution in [1.29, 1.82) is 0 Å². The van der Waals surface area contributed by atoms with Crippen LogP contribution in [-0.4, -0.2) is 38.6 Å². The van der Waals surface area contributed by atoms with E-state index in [0.717, 1.165) is 0 Å². The van der Waals surface area contributed by atoms with E-state index < -0.39 is 23.6 Å². The average Bonchev–Trinajstić information content (AvgIpc) is 2.48. The standard InChI is InChI=1S/C11H13N3O4/c12-8-2-4-14(10(17)13-8)11-3-1-6(11)9(16)7(5-15)18-11/h1-4,6-7,9,15-16H,5H2,(H2,12,13,17)/t6-,7-,9+,11-/m1/s1. The second-order valence-electron chi connectivity index (χ2n) is 4.47. The Kier molecular flexibility index (Phi) is 2.31. The molecule has 2 heterocycles. The number of aliphatic hydroxyl groups is 2. The van der Waals surface area contributed by atoms with Gasteiger partial charge in [-0.15, -0.1) is 0 Å². The number of aliphatic hydroxyl groups excluding tert-OH is 2. The summed E-state index contributed by atoms with van der Waals surface area (Å²) in [5.74, 6) is -0.234. The van der Waals surface area contributed by atoms with Gasteiger partial charge in [0.2, 0.25) is 0 Å². The van der Waals surface area contributed by atoms with E-state index >= 15 is 0 Å². The zero-order chi connectivity index (χ0) is 12.9. The molecule has 7 heteroatoms. The minimum absolute atomic E-state index is 0.129. The fourth-order valence-corrected chi connectivity index (χ4v) is 2.52. The highest BCUT2D eigenvalue weighted by atomic mass is 16.6. The molecule has 18 heavy (non-hydrogen) atoms. The van der Waals surface area contributed by atoms with Crippen LogP contribution in [0.15, 0.2) is 29.2 Å². The molecular formula is C11H13N3O4. The first-order chi connectivity index (χ1) is 8.58. The minimum Gasteiger partial charge on any atom is -0.394 e. The number of hydrogen-bond donors (Lipinski definition) is 3. The van der Waals surface area contributed by atoms with E-state index in [1.807, 2.05) is 0 Å². The van der Waals surface area contributed by atoms with Crippen LogP contribution < -0.4 is 11.4 Å². The predicted molar refractivity (Wildman–Crippen MR) is 61.5 cm³/mol. The third kappa shape index (κ3) is 1.29. The Labute approximate surface area is 102 Å². The molecule has 4 atom stereocenters. The number of aromatic nitrogens is 2. The van der Waals surface area contributed by atoms with Crippen LogP contribution in [0.1, 0.15) is 0 Å². The van der Waals surface area contributed by atoms with Gasteiger partial charge in [0.1, 0.15) is 11.9 Å². The topological polar surface area (TPSA) is 111 Å². The number of nitrogens with zero attached hydrogens (tertiary/aromatic N) is 2. The second-order valence-corrected chi connectivity index (χ2v) is 4.47. The van der Waals surface area contributed by atoms with Gasteiger partial charge in [0.05, 0.1) is 18.6 Å². The normalized spacial score (nSPS) is 37.3. The van der Waals surface area contributed by atoms with Gasteiger partial charge in [-0.05, 0) is 12.1 Å². The van der Waals surface area contributed by atoms with Gasteiger partial charge >= 0.3 is 5.69 Å². The highest BCUT2D eigenvalue weighted by Crippen LogP contribution is 2.47. The first kappa shape index (κ1) is 11.4. The molecule has 96 valence electrons. The van der Waals surface area contributed by atoms with E-state index in [4.69, 9.17) is 15.6 Å². The van der Waals surface area contributed by atoms with Crippen molar-refractivity contribution in [3.8, 4) is 0 Å². The molecule has 0 aromatic carbocycles. The van der Waals surface area contributed by atoms with Crippen molar-refractivity contribution in [3.05, 3.63) is 34.9 Å². The third-order valence-corrected chi connectivity index (χ3v) is 3.49. The lowest BCUT2D eigenvalue weighted by molar-refractivity contribution is -0.103. The summed E-state index contributed by atoms with van der Waals surface area (Å²) in [6, 6.07) is 1.49. The van der Waals surface area contributed by atoms with Crippen LogP contribution in [0.4, 0.5) is 5.82 Å². The van der Waals surface area contributed by atoms with Crippen LogP contribution >= 0.6 is 0 Å². The molecule has 4 N–H and O–H groups in total. The number of anilines is 1. The van der Waals surface area contributed by atoms with Crippen molar-refractivity contribution in [1.82, 2.24) is 9.55 Å². The van der Waals surface area contributed by atoms with Crippen molar-refractivity contribution in [3.63, 3.8) is 0 Å². The Bertz CT molecular complexity index is 570. The van der Waals surface area contributed by atoms with Gasteiger partial charge in [0, 0.05) is 6.20 Å². The van der Waals surface area contributed by atoms with Gasteiger partial charge in [0.25, 0.3) is 0 Å². The molecule has 0 spiro atoms. The van der Waals surface area contributed by atoms with Gasteiger partial charge in [0.15, 0.2) is 5.72 Å².